The number of hydrogen-bond acceptors (Lipinski definition) is 7. The Kier molecular flexibility index (Phi) is 12.3. The highest BCUT2D eigenvalue weighted by Gasteiger charge is 2.30. The molecule has 0 heterocycles. The van der Waals surface area contributed by atoms with Crippen LogP contribution in [0.5, 0.6) is 23.0 Å². The molecule has 0 aromatic heterocycles. The number of ether oxygens (including phenoxy) is 2. The molecular formula is C45H65N3O4. The Morgan fingerprint density at radius 1 is 0.596 bits per heavy atom. The van der Waals surface area contributed by atoms with E-state index in [0.29, 0.717) is 18.0 Å². The fraction of sp³-hybridized carbons (Fsp3) is 0.556. The molecule has 1 unspecified atom stereocenters. The summed E-state index contributed by atoms with van der Waals surface area (Å²) in [6.07, 6.45) is 6.16. The summed E-state index contributed by atoms with van der Waals surface area (Å²) < 4.78 is 11.0. The molecule has 0 saturated heterocycles. The minimum absolute atomic E-state index is 0.0244. The van der Waals surface area contributed by atoms with E-state index in [2.05, 4.69) is 113 Å². The van der Waals surface area contributed by atoms with Gasteiger partial charge < -0.3 is 25.0 Å². The molecule has 3 aromatic rings. The van der Waals surface area contributed by atoms with Crippen molar-refractivity contribution in [1.82, 2.24) is 5.32 Å². The van der Waals surface area contributed by atoms with Crippen LogP contribution in [0, 0.1) is 0 Å². The van der Waals surface area contributed by atoms with E-state index in [1.165, 1.54) is 11.1 Å². The highest BCUT2D eigenvalue weighted by molar-refractivity contribution is 5.86. The third kappa shape index (κ3) is 10.4. The van der Waals surface area contributed by atoms with Crippen molar-refractivity contribution in [2.45, 2.75) is 149 Å². The lowest BCUT2D eigenvalue weighted by atomic mass is 9.79. The maximum atomic E-state index is 11.5. The van der Waals surface area contributed by atoms with E-state index < -0.39 is 0 Å². The van der Waals surface area contributed by atoms with Crippen LogP contribution in [0.25, 0.3) is 0 Å². The van der Waals surface area contributed by atoms with E-state index in [1.807, 2.05) is 30.6 Å². The van der Waals surface area contributed by atoms with Crippen molar-refractivity contribution < 1.29 is 19.7 Å². The van der Waals surface area contributed by atoms with Gasteiger partial charge in [-0.25, -0.2) is 0 Å². The monoisotopic (exact) mass is 711 g/mol. The molecule has 7 heteroatoms. The summed E-state index contributed by atoms with van der Waals surface area (Å²) >= 11 is 0. The van der Waals surface area contributed by atoms with Gasteiger partial charge in [0.15, 0.2) is 0 Å². The molecule has 1 saturated carbocycles. The van der Waals surface area contributed by atoms with Crippen molar-refractivity contribution >= 4 is 12.4 Å². The smallest absolute Gasteiger partial charge is 0.128 e. The second-order valence-corrected chi connectivity index (χ2v) is 18.8. The fourth-order valence-corrected chi connectivity index (χ4v) is 6.79. The molecule has 0 amide bonds. The zero-order valence-electron chi connectivity index (χ0n) is 34.4. The lowest BCUT2D eigenvalue weighted by molar-refractivity contribution is 0.310. The molecule has 1 fully saturated rings. The second kappa shape index (κ2) is 15.6. The predicted octanol–water partition coefficient (Wildman–Crippen LogP) is 9.92. The highest BCUT2D eigenvalue weighted by Crippen LogP contribution is 2.39. The summed E-state index contributed by atoms with van der Waals surface area (Å²) in [7, 11) is 3.33. The van der Waals surface area contributed by atoms with Gasteiger partial charge in [0.2, 0.25) is 0 Å². The minimum Gasteiger partial charge on any atom is -0.507 e. The Labute approximate surface area is 314 Å². The average molecular weight is 712 g/mol. The fourth-order valence-electron chi connectivity index (χ4n) is 6.79. The van der Waals surface area contributed by atoms with Crippen LogP contribution in [0.15, 0.2) is 52.4 Å². The molecule has 1 aliphatic rings. The number of methoxy groups -OCH3 is 2. The Bertz CT molecular complexity index is 1640. The van der Waals surface area contributed by atoms with E-state index in [1.54, 1.807) is 14.2 Å². The molecule has 284 valence electrons. The van der Waals surface area contributed by atoms with E-state index in [0.717, 1.165) is 58.6 Å². The van der Waals surface area contributed by atoms with Crippen molar-refractivity contribution in [1.29, 1.82) is 0 Å². The van der Waals surface area contributed by atoms with Gasteiger partial charge in [-0.3, -0.25) is 9.98 Å². The molecule has 4 rings (SSSR count). The quantitative estimate of drug-likeness (QED) is 0.192. The van der Waals surface area contributed by atoms with Crippen LogP contribution in [0.2, 0.25) is 0 Å². The topological polar surface area (TPSA) is 95.7 Å². The number of nitrogens with zero attached hydrogens (tertiary/aromatic N) is 2. The maximum Gasteiger partial charge on any atom is 0.128 e. The van der Waals surface area contributed by atoms with Crippen LogP contribution in [-0.4, -0.2) is 55.0 Å². The normalized spacial score (nSPS) is 19.1. The van der Waals surface area contributed by atoms with Gasteiger partial charge in [0.25, 0.3) is 0 Å². The Morgan fingerprint density at radius 3 is 1.35 bits per heavy atom. The first kappa shape index (κ1) is 40.9. The van der Waals surface area contributed by atoms with Crippen molar-refractivity contribution in [3.05, 3.63) is 81.4 Å². The summed E-state index contributed by atoms with van der Waals surface area (Å²) in [6, 6.07) is 14.5. The Hall–Kier alpha value is -3.84. The predicted molar refractivity (Wildman–Crippen MR) is 218 cm³/mol. The van der Waals surface area contributed by atoms with Gasteiger partial charge in [0, 0.05) is 53.3 Å². The molecule has 52 heavy (non-hydrogen) atoms. The van der Waals surface area contributed by atoms with Gasteiger partial charge >= 0.3 is 0 Å². The molecular weight excluding hydrogens is 647 g/mol. The molecule has 7 nitrogen and oxygen atoms in total. The van der Waals surface area contributed by atoms with Gasteiger partial charge in [0.1, 0.15) is 23.0 Å². The van der Waals surface area contributed by atoms with Crippen LogP contribution in [0.1, 0.15) is 141 Å². The minimum atomic E-state index is -0.223. The number of benzene rings is 3. The van der Waals surface area contributed by atoms with Crippen molar-refractivity contribution in [2.24, 2.45) is 9.98 Å². The van der Waals surface area contributed by atoms with Gasteiger partial charge in [0.05, 0.1) is 26.3 Å². The number of aliphatic imine (C=N–C) groups is 2. The van der Waals surface area contributed by atoms with Crippen LogP contribution in [0.4, 0.5) is 0 Å². The molecule has 3 aromatic carbocycles. The lowest BCUT2D eigenvalue weighted by Gasteiger charge is -2.32. The van der Waals surface area contributed by atoms with Crippen LogP contribution >= 0.6 is 0 Å². The number of hydrogen-bond donors (Lipinski definition) is 3. The number of rotatable bonds is 9. The molecule has 0 spiro atoms. The first-order valence-electron chi connectivity index (χ1n) is 18.8. The molecule has 0 radical (unpaired) electrons. The number of nitrogens with one attached hydrogen (secondary N) is 1. The molecule has 3 atom stereocenters. The largest absolute Gasteiger partial charge is 0.507 e. The van der Waals surface area contributed by atoms with Crippen molar-refractivity contribution in [3.8, 4) is 23.0 Å². The summed E-state index contributed by atoms with van der Waals surface area (Å²) in [5.41, 5.74) is 6.14. The summed E-state index contributed by atoms with van der Waals surface area (Å²) in [5, 5.41) is 26.7. The third-order valence-electron chi connectivity index (χ3n) is 10.1. The van der Waals surface area contributed by atoms with E-state index in [9.17, 15) is 10.2 Å². The van der Waals surface area contributed by atoms with Gasteiger partial charge in [-0.1, -0.05) is 95.2 Å². The van der Waals surface area contributed by atoms with Crippen LogP contribution < -0.4 is 14.8 Å². The summed E-state index contributed by atoms with van der Waals surface area (Å²) in [6.45, 7) is 26.6. The van der Waals surface area contributed by atoms with Gasteiger partial charge in [-0.2, -0.15) is 0 Å². The second-order valence-electron chi connectivity index (χ2n) is 18.8. The van der Waals surface area contributed by atoms with Crippen molar-refractivity contribution in [3.63, 3.8) is 0 Å². The summed E-state index contributed by atoms with van der Waals surface area (Å²) in [4.78, 5) is 10.3. The molecule has 0 aliphatic heterocycles. The molecule has 3 N–H and O–H groups in total. The van der Waals surface area contributed by atoms with Gasteiger partial charge in [-0.15, -0.1) is 0 Å². The first-order valence-corrected chi connectivity index (χ1v) is 18.8. The first-order chi connectivity index (χ1) is 24.0. The van der Waals surface area contributed by atoms with Crippen molar-refractivity contribution in [2.75, 3.05) is 14.2 Å². The Morgan fingerprint density at radius 2 is 1.00 bits per heavy atom. The highest BCUT2D eigenvalue weighted by atomic mass is 16.5. The third-order valence-corrected chi connectivity index (χ3v) is 10.1. The van der Waals surface area contributed by atoms with Crippen LogP contribution in [-0.2, 0) is 28.2 Å². The zero-order chi connectivity index (χ0) is 38.8. The standard InChI is InChI=1S/C45H65N3O4/c1-42(2,3)31-17-29(40(49)38(19-31)44(7,8)9)26-47-34-21-33(46-25-28-15-36(51-13)24-37(16-28)52-14)22-35(23-34)48-27-30-18-32(43(4,5)6)20-39(41(30)50)45(10,11)12/h15-20,24,26-27,33-35,46,49-50H,21-23,25H2,1-14H3/t33?,34-,35+. The lowest BCUT2D eigenvalue weighted by Crippen LogP contribution is -2.40. The number of phenolic OH excluding ortho intramolecular Hbond substituents is 2. The van der Waals surface area contributed by atoms with E-state index >= 15 is 0 Å². The molecule has 0 bridgehead atoms. The molecule has 1 aliphatic carbocycles. The van der Waals surface area contributed by atoms with E-state index in [4.69, 9.17) is 19.5 Å². The maximum absolute atomic E-state index is 11.5. The van der Waals surface area contributed by atoms with Gasteiger partial charge in [-0.05, 0) is 81.9 Å². The summed E-state index contributed by atoms with van der Waals surface area (Å²) in [5.74, 6) is 2.09. The number of phenols is 2. The van der Waals surface area contributed by atoms with E-state index in [-0.39, 0.29) is 39.8 Å². The zero-order valence-corrected chi connectivity index (χ0v) is 34.4. The average Bonchev–Trinajstić information content (AvgIpc) is 3.04. The van der Waals surface area contributed by atoms with Crippen LogP contribution in [0.3, 0.4) is 0 Å². The Balaban J connectivity index is 1.71. The SMILES string of the molecule is COc1cc(CNC2C[C@@H](N=Cc3cc(C(C)(C)C)cc(C(C)(C)C)c3O)C[C@@H](N=Cc3cc(C(C)(C)C)cc(C(C)(C)C)c3O)C2)cc(OC)c1. The number of aromatic hydroxyl groups is 2.